The molecule has 118 valence electrons. The Hall–Kier alpha value is -1.76. The van der Waals surface area contributed by atoms with Crippen molar-refractivity contribution in [3.63, 3.8) is 0 Å². The number of nitrogens with zero attached hydrogens (tertiary/aromatic N) is 1. The van der Waals surface area contributed by atoms with Crippen LogP contribution >= 0.6 is 24.0 Å². The van der Waals surface area contributed by atoms with Crippen LogP contribution in [0.25, 0.3) is 0 Å². The quantitative estimate of drug-likeness (QED) is 0.437. The van der Waals surface area contributed by atoms with Crippen LogP contribution < -0.4 is 15.8 Å². The summed E-state index contributed by atoms with van der Waals surface area (Å²) in [5, 5.41) is 3.13. The predicted octanol–water partition coefficient (Wildman–Crippen LogP) is 2.96. The molecular formula is C17H22IN3O. The maximum atomic E-state index is 5.86. The Kier molecular flexibility index (Phi) is 8.35. The van der Waals surface area contributed by atoms with Crippen molar-refractivity contribution in [3.8, 4) is 5.75 Å². The molecule has 2 aromatic carbocycles. The second kappa shape index (κ2) is 10.0. The predicted molar refractivity (Wildman–Crippen MR) is 102 cm³/mol. The fraction of sp³-hybridized carbons (Fsp3) is 0.235. The van der Waals surface area contributed by atoms with Crippen LogP contribution in [0.1, 0.15) is 11.1 Å². The zero-order chi connectivity index (χ0) is 14.9. The Morgan fingerprint density at radius 2 is 1.73 bits per heavy atom. The molecule has 0 aliphatic heterocycles. The molecule has 0 aliphatic carbocycles. The van der Waals surface area contributed by atoms with Crippen molar-refractivity contribution < 1.29 is 4.74 Å². The van der Waals surface area contributed by atoms with E-state index >= 15 is 0 Å². The van der Waals surface area contributed by atoms with E-state index in [-0.39, 0.29) is 24.0 Å². The van der Waals surface area contributed by atoms with Crippen molar-refractivity contribution >= 4 is 29.9 Å². The third-order valence-corrected chi connectivity index (χ3v) is 3.15. The van der Waals surface area contributed by atoms with Gasteiger partial charge in [0, 0.05) is 6.54 Å². The summed E-state index contributed by atoms with van der Waals surface area (Å²) in [4.78, 5) is 4.32. The molecular weight excluding hydrogens is 389 g/mol. The van der Waals surface area contributed by atoms with Crippen LogP contribution in [-0.4, -0.2) is 19.6 Å². The van der Waals surface area contributed by atoms with Gasteiger partial charge in [0.15, 0.2) is 5.96 Å². The zero-order valence-electron chi connectivity index (χ0n) is 12.7. The van der Waals surface area contributed by atoms with Gasteiger partial charge in [0.05, 0.1) is 13.7 Å². The maximum absolute atomic E-state index is 5.86. The second-order valence-corrected chi connectivity index (χ2v) is 4.71. The molecule has 2 aromatic rings. The van der Waals surface area contributed by atoms with Crippen molar-refractivity contribution in [2.24, 2.45) is 10.7 Å². The van der Waals surface area contributed by atoms with E-state index in [0.29, 0.717) is 12.5 Å². The van der Waals surface area contributed by atoms with E-state index in [4.69, 9.17) is 10.5 Å². The number of methoxy groups -OCH3 is 1. The number of halogens is 1. The van der Waals surface area contributed by atoms with Gasteiger partial charge in [0.1, 0.15) is 5.75 Å². The van der Waals surface area contributed by atoms with Gasteiger partial charge in [-0.05, 0) is 29.7 Å². The van der Waals surface area contributed by atoms with Crippen LogP contribution in [0.5, 0.6) is 5.75 Å². The Morgan fingerprint density at radius 1 is 1.05 bits per heavy atom. The zero-order valence-corrected chi connectivity index (χ0v) is 15.0. The first-order valence-corrected chi connectivity index (χ1v) is 6.98. The highest BCUT2D eigenvalue weighted by Crippen LogP contribution is 2.11. The fourth-order valence-corrected chi connectivity index (χ4v) is 1.94. The Morgan fingerprint density at radius 3 is 2.36 bits per heavy atom. The Bertz CT molecular complexity index is 570. The average molecular weight is 411 g/mol. The smallest absolute Gasteiger partial charge is 0.188 e. The molecule has 0 saturated heterocycles. The molecule has 0 atom stereocenters. The van der Waals surface area contributed by atoms with Gasteiger partial charge in [-0.25, -0.2) is 4.99 Å². The van der Waals surface area contributed by atoms with Crippen LogP contribution in [0, 0.1) is 0 Å². The molecule has 0 unspecified atom stereocenters. The van der Waals surface area contributed by atoms with Gasteiger partial charge in [0.25, 0.3) is 0 Å². The molecule has 5 heteroatoms. The van der Waals surface area contributed by atoms with Gasteiger partial charge >= 0.3 is 0 Å². The highest BCUT2D eigenvalue weighted by atomic mass is 127. The van der Waals surface area contributed by atoms with E-state index in [2.05, 4.69) is 22.4 Å². The monoisotopic (exact) mass is 411 g/mol. The van der Waals surface area contributed by atoms with Gasteiger partial charge in [-0.1, -0.05) is 42.5 Å². The number of rotatable bonds is 6. The lowest BCUT2D eigenvalue weighted by atomic mass is 10.1. The number of hydrogen-bond acceptors (Lipinski definition) is 2. The van der Waals surface area contributed by atoms with Crippen LogP contribution in [0.3, 0.4) is 0 Å². The van der Waals surface area contributed by atoms with Crippen LogP contribution in [0.15, 0.2) is 59.6 Å². The number of benzene rings is 2. The summed E-state index contributed by atoms with van der Waals surface area (Å²) in [7, 11) is 1.65. The first kappa shape index (κ1) is 18.3. The van der Waals surface area contributed by atoms with Crippen LogP contribution in [-0.2, 0) is 13.0 Å². The van der Waals surface area contributed by atoms with E-state index < -0.39 is 0 Å². The van der Waals surface area contributed by atoms with Crippen molar-refractivity contribution in [1.82, 2.24) is 5.32 Å². The molecule has 0 aliphatic rings. The highest BCUT2D eigenvalue weighted by molar-refractivity contribution is 14.0. The molecule has 0 bridgehead atoms. The van der Waals surface area contributed by atoms with E-state index in [0.717, 1.165) is 24.3 Å². The maximum Gasteiger partial charge on any atom is 0.188 e. The summed E-state index contributed by atoms with van der Waals surface area (Å²) in [5.74, 6) is 1.32. The summed E-state index contributed by atoms with van der Waals surface area (Å²) in [6.45, 7) is 1.34. The number of nitrogens with two attached hydrogens (primary N) is 1. The second-order valence-electron chi connectivity index (χ2n) is 4.71. The van der Waals surface area contributed by atoms with E-state index in [1.165, 1.54) is 5.56 Å². The molecule has 4 nitrogen and oxygen atoms in total. The average Bonchev–Trinajstić information content (AvgIpc) is 2.54. The number of aliphatic imine (C=N–C) groups is 1. The fourth-order valence-electron chi connectivity index (χ4n) is 1.94. The third kappa shape index (κ3) is 6.34. The van der Waals surface area contributed by atoms with E-state index in [9.17, 15) is 0 Å². The van der Waals surface area contributed by atoms with Gasteiger partial charge in [0.2, 0.25) is 0 Å². The number of nitrogens with one attached hydrogen (secondary N) is 1. The molecule has 0 heterocycles. The van der Waals surface area contributed by atoms with Crippen LogP contribution in [0.2, 0.25) is 0 Å². The summed E-state index contributed by atoms with van der Waals surface area (Å²) >= 11 is 0. The first-order chi connectivity index (χ1) is 10.3. The SMILES string of the molecule is COc1ccc(CN=C(N)NCCc2ccccc2)cc1.I. The highest BCUT2D eigenvalue weighted by Gasteiger charge is 1.96. The molecule has 0 aromatic heterocycles. The summed E-state index contributed by atoms with van der Waals surface area (Å²) < 4.78 is 5.12. The summed E-state index contributed by atoms with van der Waals surface area (Å²) in [6.07, 6.45) is 0.930. The van der Waals surface area contributed by atoms with Crippen molar-refractivity contribution in [2.75, 3.05) is 13.7 Å². The van der Waals surface area contributed by atoms with Crippen molar-refractivity contribution in [1.29, 1.82) is 0 Å². The molecule has 2 rings (SSSR count). The minimum Gasteiger partial charge on any atom is -0.497 e. The van der Waals surface area contributed by atoms with Gasteiger partial charge < -0.3 is 15.8 Å². The summed E-state index contributed by atoms with van der Waals surface area (Å²) in [6, 6.07) is 18.1. The minimum absolute atomic E-state index is 0. The standard InChI is InChI=1S/C17H21N3O.HI/c1-21-16-9-7-15(8-10-16)13-20-17(18)19-12-11-14-5-3-2-4-6-14;/h2-10H,11-13H2,1H3,(H3,18,19,20);1H. The number of ether oxygens (including phenoxy) is 1. The lowest BCUT2D eigenvalue weighted by Crippen LogP contribution is -2.33. The molecule has 3 N–H and O–H groups in total. The van der Waals surface area contributed by atoms with Gasteiger partial charge in [-0.3, -0.25) is 0 Å². The number of hydrogen-bond donors (Lipinski definition) is 2. The van der Waals surface area contributed by atoms with E-state index in [1.807, 2.05) is 42.5 Å². The Labute approximate surface area is 148 Å². The third-order valence-electron chi connectivity index (χ3n) is 3.15. The molecule has 0 radical (unpaired) electrons. The van der Waals surface area contributed by atoms with E-state index in [1.54, 1.807) is 7.11 Å². The molecule has 0 fully saturated rings. The molecule has 22 heavy (non-hydrogen) atoms. The van der Waals surface area contributed by atoms with Crippen molar-refractivity contribution in [3.05, 3.63) is 65.7 Å². The lowest BCUT2D eigenvalue weighted by Gasteiger charge is -2.06. The largest absolute Gasteiger partial charge is 0.497 e. The minimum atomic E-state index is 0. The van der Waals surface area contributed by atoms with Gasteiger partial charge in [-0.15, -0.1) is 24.0 Å². The van der Waals surface area contributed by atoms with Crippen LogP contribution in [0.4, 0.5) is 0 Å². The molecule has 0 spiro atoms. The Balaban J connectivity index is 0.00000242. The summed E-state index contributed by atoms with van der Waals surface area (Å²) in [5.41, 5.74) is 8.24. The normalized spacial score (nSPS) is 10.7. The topological polar surface area (TPSA) is 59.6 Å². The lowest BCUT2D eigenvalue weighted by molar-refractivity contribution is 0.414. The molecule has 0 amide bonds. The van der Waals surface area contributed by atoms with Gasteiger partial charge in [-0.2, -0.15) is 0 Å². The molecule has 0 saturated carbocycles. The first-order valence-electron chi connectivity index (χ1n) is 6.98. The number of guanidine groups is 1. The van der Waals surface area contributed by atoms with Crippen molar-refractivity contribution in [2.45, 2.75) is 13.0 Å².